The second kappa shape index (κ2) is 5.65. The zero-order valence-corrected chi connectivity index (χ0v) is 11.9. The summed E-state index contributed by atoms with van der Waals surface area (Å²) in [6.45, 7) is 1.78. The molecule has 3 rings (SSSR count). The summed E-state index contributed by atoms with van der Waals surface area (Å²) in [5.41, 5.74) is 8.31. The third-order valence-electron chi connectivity index (χ3n) is 2.97. The molecule has 0 fully saturated rings. The van der Waals surface area contributed by atoms with Crippen LogP contribution in [0.15, 0.2) is 47.5 Å². The Kier molecular flexibility index (Phi) is 3.53. The van der Waals surface area contributed by atoms with E-state index in [1.54, 1.807) is 19.3 Å². The van der Waals surface area contributed by atoms with Gasteiger partial charge in [-0.15, -0.1) is 0 Å². The molecule has 2 aromatic heterocycles. The highest BCUT2D eigenvalue weighted by Crippen LogP contribution is 2.21. The zero-order chi connectivity index (χ0) is 15.5. The molecule has 4 N–H and O–H groups in total. The molecule has 0 spiro atoms. The number of H-pyrrole nitrogens is 1. The lowest BCUT2D eigenvalue weighted by Gasteiger charge is -2.08. The molecule has 7 nitrogen and oxygen atoms in total. The van der Waals surface area contributed by atoms with Gasteiger partial charge in [-0.3, -0.25) is 4.79 Å². The van der Waals surface area contributed by atoms with Crippen molar-refractivity contribution in [2.75, 3.05) is 11.1 Å². The first-order chi connectivity index (χ1) is 10.6. The van der Waals surface area contributed by atoms with Gasteiger partial charge in [0.2, 0.25) is 5.95 Å². The van der Waals surface area contributed by atoms with Gasteiger partial charge in [-0.2, -0.15) is 0 Å². The molecule has 0 saturated heterocycles. The molecule has 110 valence electrons. The number of anilines is 3. The highest BCUT2D eigenvalue weighted by molar-refractivity contribution is 5.66. The maximum atomic E-state index is 11.6. The quantitative estimate of drug-likeness (QED) is 0.680. The fourth-order valence-corrected chi connectivity index (χ4v) is 2.03. The first kappa shape index (κ1) is 13.7. The van der Waals surface area contributed by atoms with E-state index in [2.05, 4.69) is 25.3 Å². The molecule has 0 aliphatic rings. The first-order valence-electron chi connectivity index (χ1n) is 6.63. The summed E-state index contributed by atoms with van der Waals surface area (Å²) in [4.78, 5) is 26.5. The van der Waals surface area contributed by atoms with Crippen molar-refractivity contribution in [1.29, 1.82) is 0 Å². The van der Waals surface area contributed by atoms with Crippen molar-refractivity contribution in [1.82, 2.24) is 19.9 Å². The van der Waals surface area contributed by atoms with Gasteiger partial charge in [-0.1, -0.05) is 12.1 Å². The second-order valence-electron chi connectivity index (χ2n) is 4.77. The third kappa shape index (κ3) is 3.09. The van der Waals surface area contributed by atoms with Crippen LogP contribution < -0.4 is 16.6 Å². The molecule has 0 saturated carbocycles. The number of aromatic amines is 1. The molecule has 7 heteroatoms. The Balaban J connectivity index is 1.92. The van der Waals surface area contributed by atoms with Gasteiger partial charge in [0.05, 0.1) is 18.1 Å². The number of hydrogen-bond acceptors (Lipinski definition) is 6. The van der Waals surface area contributed by atoms with E-state index in [1.807, 2.05) is 24.3 Å². The topological polar surface area (TPSA) is 110 Å². The van der Waals surface area contributed by atoms with Crippen LogP contribution >= 0.6 is 0 Å². The average molecular weight is 294 g/mol. The molecule has 0 aliphatic carbocycles. The van der Waals surface area contributed by atoms with Crippen molar-refractivity contribution in [2.45, 2.75) is 6.92 Å². The van der Waals surface area contributed by atoms with Crippen molar-refractivity contribution in [3.63, 3.8) is 0 Å². The number of rotatable bonds is 3. The monoisotopic (exact) mass is 294 g/mol. The minimum absolute atomic E-state index is 0.173. The largest absolute Gasteiger partial charge is 0.368 e. The minimum Gasteiger partial charge on any atom is -0.368 e. The van der Waals surface area contributed by atoms with E-state index in [0.29, 0.717) is 11.5 Å². The highest BCUT2D eigenvalue weighted by Gasteiger charge is 2.04. The normalized spacial score (nSPS) is 10.4. The Morgan fingerprint density at radius 2 is 1.91 bits per heavy atom. The summed E-state index contributed by atoms with van der Waals surface area (Å²) in [6, 6.07) is 8.99. The number of nitrogens with zero attached hydrogens (tertiary/aromatic N) is 3. The van der Waals surface area contributed by atoms with Crippen molar-refractivity contribution >= 4 is 17.3 Å². The summed E-state index contributed by atoms with van der Waals surface area (Å²) >= 11 is 0. The molecule has 2 heterocycles. The van der Waals surface area contributed by atoms with E-state index >= 15 is 0 Å². The van der Waals surface area contributed by atoms with Crippen LogP contribution in [0.2, 0.25) is 0 Å². The molecule has 1 aromatic carbocycles. The number of nitrogens with one attached hydrogen (secondary N) is 2. The van der Waals surface area contributed by atoms with Gasteiger partial charge in [-0.05, 0) is 19.1 Å². The first-order valence-corrected chi connectivity index (χ1v) is 6.63. The lowest BCUT2D eigenvalue weighted by atomic mass is 10.2. The lowest BCUT2D eigenvalue weighted by molar-refractivity contribution is 1.07. The number of benzene rings is 1. The van der Waals surface area contributed by atoms with Gasteiger partial charge in [0.25, 0.3) is 5.56 Å². The van der Waals surface area contributed by atoms with Crippen molar-refractivity contribution in [2.24, 2.45) is 0 Å². The fourth-order valence-electron chi connectivity index (χ4n) is 2.03. The summed E-state index contributed by atoms with van der Waals surface area (Å²) in [5, 5.41) is 3.17. The standard InChI is InChI=1S/C15H14N6O/c1-9-5-13(22)21-14(19-9)10-3-2-4-11(6-10)20-12-7-17-15(16)18-8-12/h2-8,20H,1H3,(H2,16,17,18)(H,19,21,22). The number of hydrogen-bond donors (Lipinski definition) is 3. The molecule has 0 bridgehead atoms. The number of nitrogen functional groups attached to an aromatic ring is 1. The van der Waals surface area contributed by atoms with Crippen LogP contribution in [0.1, 0.15) is 5.69 Å². The van der Waals surface area contributed by atoms with Crippen molar-refractivity contribution < 1.29 is 0 Å². The second-order valence-corrected chi connectivity index (χ2v) is 4.77. The maximum absolute atomic E-state index is 11.6. The molecule has 0 atom stereocenters. The molecule has 3 aromatic rings. The Labute approximate surface area is 126 Å². The van der Waals surface area contributed by atoms with Gasteiger partial charge in [-0.25, -0.2) is 15.0 Å². The van der Waals surface area contributed by atoms with Crippen LogP contribution in [0.25, 0.3) is 11.4 Å². The van der Waals surface area contributed by atoms with E-state index in [9.17, 15) is 4.79 Å². The third-order valence-corrected chi connectivity index (χ3v) is 2.97. The lowest BCUT2D eigenvalue weighted by Crippen LogP contribution is -2.08. The van der Waals surface area contributed by atoms with Gasteiger partial charge in [0.1, 0.15) is 5.82 Å². The van der Waals surface area contributed by atoms with E-state index in [-0.39, 0.29) is 11.5 Å². The van der Waals surface area contributed by atoms with Crippen LogP contribution in [0.3, 0.4) is 0 Å². The Morgan fingerprint density at radius 3 is 2.64 bits per heavy atom. The molecule has 0 amide bonds. The highest BCUT2D eigenvalue weighted by atomic mass is 16.1. The summed E-state index contributed by atoms with van der Waals surface area (Å²) < 4.78 is 0. The van der Waals surface area contributed by atoms with Crippen LogP contribution in [-0.4, -0.2) is 19.9 Å². The van der Waals surface area contributed by atoms with Crippen LogP contribution in [0.5, 0.6) is 0 Å². The Hall–Kier alpha value is -3.22. The van der Waals surface area contributed by atoms with Crippen LogP contribution in [0.4, 0.5) is 17.3 Å². The minimum atomic E-state index is -0.173. The molecule has 0 radical (unpaired) electrons. The fraction of sp³-hybridized carbons (Fsp3) is 0.0667. The zero-order valence-electron chi connectivity index (χ0n) is 11.9. The van der Waals surface area contributed by atoms with E-state index in [1.165, 1.54) is 6.07 Å². The maximum Gasteiger partial charge on any atom is 0.251 e. The SMILES string of the molecule is Cc1cc(=O)[nH]c(-c2cccc(Nc3cnc(N)nc3)c2)n1. The van der Waals surface area contributed by atoms with Gasteiger partial charge in [0.15, 0.2) is 0 Å². The van der Waals surface area contributed by atoms with Crippen molar-refractivity contribution in [3.05, 3.63) is 58.8 Å². The molecular weight excluding hydrogens is 280 g/mol. The van der Waals surface area contributed by atoms with Crippen molar-refractivity contribution in [3.8, 4) is 11.4 Å². The van der Waals surface area contributed by atoms with Crippen LogP contribution in [-0.2, 0) is 0 Å². The summed E-state index contributed by atoms with van der Waals surface area (Å²) in [5.74, 6) is 0.753. The smallest absolute Gasteiger partial charge is 0.251 e. The summed E-state index contributed by atoms with van der Waals surface area (Å²) in [6.07, 6.45) is 3.20. The number of nitrogens with two attached hydrogens (primary N) is 1. The molecule has 22 heavy (non-hydrogen) atoms. The predicted octanol–water partition coefficient (Wildman–Crippen LogP) is 1.86. The van der Waals surface area contributed by atoms with E-state index in [4.69, 9.17) is 5.73 Å². The Morgan fingerprint density at radius 1 is 1.14 bits per heavy atom. The molecule has 0 aliphatic heterocycles. The molecule has 0 unspecified atom stereocenters. The number of aromatic nitrogens is 4. The number of aryl methyl sites for hydroxylation is 1. The summed E-state index contributed by atoms with van der Waals surface area (Å²) in [7, 11) is 0. The predicted molar refractivity (Wildman–Crippen MR) is 84.8 cm³/mol. The van der Waals surface area contributed by atoms with Crippen LogP contribution in [0, 0.1) is 6.92 Å². The van der Waals surface area contributed by atoms with E-state index in [0.717, 1.165) is 16.9 Å². The molecular formula is C15H14N6O. The van der Waals surface area contributed by atoms with Gasteiger partial charge in [0, 0.05) is 23.0 Å². The average Bonchev–Trinajstić information content (AvgIpc) is 2.49. The Bertz CT molecular complexity index is 856. The van der Waals surface area contributed by atoms with Gasteiger partial charge >= 0.3 is 0 Å². The van der Waals surface area contributed by atoms with Gasteiger partial charge < -0.3 is 16.0 Å². The van der Waals surface area contributed by atoms with E-state index < -0.39 is 0 Å².